The van der Waals surface area contributed by atoms with Crippen LogP contribution in [0.4, 0.5) is 0 Å². The number of carboxylic acid groups (broad SMARTS) is 1. The number of aliphatic carboxylic acids is 1. The van der Waals surface area contributed by atoms with Crippen LogP contribution in [-0.2, 0) is 9.59 Å². The summed E-state index contributed by atoms with van der Waals surface area (Å²) < 4.78 is 0. The van der Waals surface area contributed by atoms with Gasteiger partial charge in [-0.3, -0.25) is 4.79 Å². The van der Waals surface area contributed by atoms with Crippen LogP contribution in [0.5, 0.6) is 0 Å². The van der Waals surface area contributed by atoms with E-state index in [1.54, 1.807) is 4.90 Å². The number of carboxylic acids is 1. The van der Waals surface area contributed by atoms with Gasteiger partial charge < -0.3 is 10.0 Å². The number of nitrogens with zero attached hydrogens (tertiary/aromatic N) is 1. The number of amides is 1. The molecule has 0 bridgehead atoms. The first kappa shape index (κ1) is 15.0. The Morgan fingerprint density at radius 1 is 1.50 bits per heavy atom. The van der Waals surface area contributed by atoms with Crippen molar-refractivity contribution < 1.29 is 14.7 Å². The predicted molar refractivity (Wildman–Crippen MR) is 70.2 cm³/mol. The monoisotopic (exact) mass is 255 g/mol. The van der Waals surface area contributed by atoms with Crippen LogP contribution in [-0.4, -0.2) is 34.5 Å². The summed E-state index contributed by atoms with van der Waals surface area (Å²) in [6.45, 7) is 6.61. The van der Waals surface area contributed by atoms with E-state index in [0.717, 1.165) is 32.1 Å². The van der Waals surface area contributed by atoms with Crippen molar-refractivity contribution in [2.45, 2.75) is 58.4 Å². The van der Waals surface area contributed by atoms with Crippen LogP contribution in [0.3, 0.4) is 0 Å². The van der Waals surface area contributed by atoms with E-state index in [4.69, 9.17) is 0 Å². The number of carbonyl (C=O) groups is 2. The molecule has 0 aromatic carbocycles. The Bertz CT molecular complexity index is 303. The molecule has 1 aliphatic carbocycles. The second-order valence-corrected chi connectivity index (χ2v) is 5.62. The molecule has 4 heteroatoms. The number of rotatable bonds is 6. The molecule has 1 amide bonds. The van der Waals surface area contributed by atoms with Crippen molar-refractivity contribution in [1.82, 2.24) is 4.90 Å². The topological polar surface area (TPSA) is 57.6 Å². The number of hydrogen-bond acceptors (Lipinski definition) is 2. The minimum absolute atomic E-state index is 0.0560. The Hall–Kier alpha value is -1.06. The molecule has 0 aliphatic heterocycles. The standard InChI is InChI=1S/C14H25NO3/c1-4-9-15(10-16)14(13(17)18)8-6-5-7-12(14)11(2)3/h10-12H,4-9H2,1-3H3,(H,17,18). The summed E-state index contributed by atoms with van der Waals surface area (Å²) in [6.07, 6.45) is 4.97. The van der Waals surface area contributed by atoms with E-state index < -0.39 is 11.5 Å². The van der Waals surface area contributed by atoms with Crippen LogP contribution in [0.2, 0.25) is 0 Å². The highest BCUT2D eigenvalue weighted by molar-refractivity contribution is 5.82. The molecule has 2 unspecified atom stereocenters. The van der Waals surface area contributed by atoms with Crippen LogP contribution >= 0.6 is 0 Å². The van der Waals surface area contributed by atoms with Crippen LogP contribution in [0.1, 0.15) is 52.9 Å². The molecular weight excluding hydrogens is 230 g/mol. The van der Waals surface area contributed by atoms with Gasteiger partial charge in [0.1, 0.15) is 5.54 Å². The first-order chi connectivity index (χ1) is 8.50. The van der Waals surface area contributed by atoms with Gasteiger partial charge in [0, 0.05) is 6.54 Å². The molecule has 0 spiro atoms. The zero-order valence-electron chi connectivity index (χ0n) is 11.7. The lowest BCUT2D eigenvalue weighted by Gasteiger charge is -2.48. The number of hydrogen-bond donors (Lipinski definition) is 1. The van der Waals surface area contributed by atoms with Crippen molar-refractivity contribution in [3.8, 4) is 0 Å². The quantitative estimate of drug-likeness (QED) is 0.742. The van der Waals surface area contributed by atoms with Crippen molar-refractivity contribution in [3.63, 3.8) is 0 Å². The molecule has 0 aromatic heterocycles. The van der Waals surface area contributed by atoms with Crippen LogP contribution in [0.15, 0.2) is 0 Å². The predicted octanol–water partition coefficient (Wildman–Crippen LogP) is 2.52. The van der Waals surface area contributed by atoms with Crippen molar-refractivity contribution in [2.24, 2.45) is 11.8 Å². The van der Waals surface area contributed by atoms with E-state index in [2.05, 4.69) is 13.8 Å². The summed E-state index contributed by atoms with van der Waals surface area (Å²) in [5.74, 6) is -0.498. The molecule has 1 fully saturated rings. The Kier molecular flexibility index (Phi) is 5.17. The molecule has 1 N–H and O–H groups in total. The molecule has 1 saturated carbocycles. The average molecular weight is 255 g/mol. The minimum Gasteiger partial charge on any atom is -0.479 e. The first-order valence-corrected chi connectivity index (χ1v) is 6.96. The molecule has 2 atom stereocenters. The zero-order chi connectivity index (χ0) is 13.8. The van der Waals surface area contributed by atoms with Crippen molar-refractivity contribution in [1.29, 1.82) is 0 Å². The fraction of sp³-hybridized carbons (Fsp3) is 0.857. The van der Waals surface area contributed by atoms with Crippen molar-refractivity contribution >= 4 is 12.4 Å². The summed E-state index contributed by atoms with van der Waals surface area (Å²) in [5, 5.41) is 9.74. The molecule has 104 valence electrons. The van der Waals surface area contributed by atoms with Gasteiger partial charge in [0.05, 0.1) is 0 Å². The molecule has 18 heavy (non-hydrogen) atoms. The van der Waals surface area contributed by atoms with Gasteiger partial charge in [-0.2, -0.15) is 0 Å². The van der Waals surface area contributed by atoms with E-state index in [1.165, 1.54) is 0 Å². The molecule has 1 aliphatic rings. The molecular formula is C14H25NO3. The third kappa shape index (κ3) is 2.52. The summed E-state index contributed by atoms with van der Waals surface area (Å²) in [5.41, 5.74) is -0.982. The summed E-state index contributed by atoms with van der Waals surface area (Å²) in [6, 6.07) is 0. The van der Waals surface area contributed by atoms with Crippen LogP contribution in [0.25, 0.3) is 0 Å². The van der Waals surface area contributed by atoms with Crippen LogP contribution in [0, 0.1) is 11.8 Å². The highest BCUT2D eigenvalue weighted by Gasteiger charge is 2.52. The minimum atomic E-state index is -0.982. The van der Waals surface area contributed by atoms with Gasteiger partial charge in [-0.1, -0.05) is 33.6 Å². The second kappa shape index (κ2) is 6.21. The SMILES string of the molecule is CCCN(C=O)C1(C(=O)O)CCCCC1C(C)C. The highest BCUT2D eigenvalue weighted by Crippen LogP contribution is 2.42. The van der Waals surface area contributed by atoms with Gasteiger partial charge in [0.15, 0.2) is 0 Å². The molecule has 4 nitrogen and oxygen atoms in total. The molecule has 0 heterocycles. The smallest absolute Gasteiger partial charge is 0.329 e. The molecule has 0 saturated heterocycles. The third-order valence-electron chi connectivity index (χ3n) is 4.22. The van der Waals surface area contributed by atoms with Gasteiger partial charge in [0.2, 0.25) is 6.41 Å². The second-order valence-electron chi connectivity index (χ2n) is 5.62. The van der Waals surface area contributed by atoms with Crippen molar-refractivity contribution in [3.05, 3.63) is 0 Å². The first-order valence-electron chi connectivity index (χ1n) is 6.96. The lowest BCUT2D eigenvalue weighted by Crippen LogP contribution is -2.61. The summed E-state index contributed by atoms with van der Waals surface area (Å²) in [4.78, 5) is 24.7. The maximum absolute atomic E-state index is 11.9. The average Bonchev–Trinajstić information content (AvgIpc) is 2.35. The van der Waals surface area contributed by atoms with Gasteiger partial charge >= 0.3 is 5.97 Å². The van der Waals surface area contributed by atoms with E-state index in [-0.39, 0.29) is 11.8 Å². The fourth-order valence-electron chi connectivity index (χ4n) is 3.40. The summed E-state index contributed by atoms with van der Waals surface area (Å²) >= 11 is 0. The van der Waals surface area contributed by atoms with E-state index >= 15 is 0 Å². The highest BCUT2D eigenvalue weighted by atomic mass is 16.4. The third-order valence-corrected chi connectivity index (χ3v) is 4.22. The van der Waals surface area contributed by atoms with Gasteiger partial charge in [-0.15, -0.1) is 0 Å². The summed E-state index contributed by atoms with van der Waals surface area (Å²) in [7, 11) is 0. The Morgan fingerprint density at radius 3 is 2.61 bits per heavy atom. The van der Waals surface area contributed by atoms with Gasteiger partial charge in [-0.05, 0) is 31.1 Å². The maximum Gasteiger partial charge on any atom is 0.329 e. The Balaban J connectivity index is 3.16. The lowest BCUT2D eigenvalue weighted by atomic mass is 9.67. The van der Waals surface area contributed by atoms with Gasteiger partial charge in [0.25, 0.3) is 0 Å². The van der Waals surface area contributed by atoms with Crippen LogP contribution < -0.4 is 0 Å². The molecule has 1 rings (SSSR count). The Labute approximate surface area is 109 Å². The normalized spacial score (nSPS) is 28.1. The molecule has 0 radical (unpaired) electrons. The number of carbonyl (C=O) groups excluding carboxylic acids is 1. The zero-order valence-corrected chi connectivity index (χ0v) is 11.7. The van der Waals surface area contributed by atoms with E-state index in [0.29, 0.717) is 13.0 Å². The largest absolute Gasteiger partial charge is 0.479 e. The lowest BCUT2D eigenvalue weighted by molar-refractivity contribution is -0.164. The van der Waals surface area contributed by atoms with E-state index in [9.17, 15) is 14.7 Å². The fourth-order valence-corrected chi connectivity index (χ4v) is 3.40. The van der Waals surface area contributed by atoms with Gasteiger partial charge in [-0.25, -0.2) is 4.79 Å². The van der Waals surface area contributed by atoms with Crippen molar-refractivity contribution in [2.75, 3.05) is 6.54 Å². The maximum atomic E-state index is 11.9. The van der Waals surface area contributed by atoms with E-state index in [1.807, 2.05) is 6.92 Å². The Morgan fingerprint density at radius 2 is 2.17 bits per heavy atom. The molecule has 0 aromatic rings.